The van der Waals surface area contributed by atoms with Crippen molar-refractivity contribution in [3.05, 3.63) is 47.2 Å². The van der Waals surface area contributed by atoms with Crippen molar-refractivity contribution < 1.29 is 9.18 Å². The van der Waals surface area contributed by atoms with Crippen LogP contribution in [0.2, 0.25) is 0 Å². The zero-order valence-corrected chi connectivity index (χ0v) is 14.9. The molecule has 24 heavy (non-hydrogen) atoms. The van der Waals surface area contributed by atoms with Crippen molar-refractivity contribution in [1.82, 2.24) is 9.88 Å². The molecule has 1 aromatic carbocycles. The molecule has 1 atom stereocenters. The summed E-state index contributed by atoms with van der Waals surface area (Å²) in [6, 6.07) is 6.49. The number of thiazole rings is 1. The van der Waals surface area contributed by atoms with Gasteiger partial charge >= 0.3 is 0 Å². The van der Waals surface area contributed by atoms with Crippen molar-refractivity contribution in [3.8, 4) is 10.6 Å². The van der Waals surface area contributed by atoms with Crippen LogP contribution in [0.25, 0.3) is 16.6 Å². The Balaban J connectivity index is 1.66. The summed E-state index contributed by atoms with van der Waals surface area (Å²) >= 11 is 1.48. The van der Waals surface area contributed by atoms with Crippen LogP contribution in [0.4, 0.5) is 4.39 Å². The zero-order chi connectivity index (χ0) is 17.3. The molecule has 1 fully saturated rings. The second-order valence-electron chi connectivity index (χ2n) is 6.70. The van der Waals surface area contributed by atoms with Crippen molar-refractivity contribution in [2.24, 2.45) is 5.41 Å². The number of nitrogens with zero attached hydrogens (tertiary/aromatic N) is 2. The lowest BCUT2D eigenvalue weighted by molar-refractivity contribution is -0.127. The highest BCUT2D eigenvalue weighted by atomic mass is 32.1. The highest BCUT2D eigenvalue weighted by Crippen LogP contribution is 2.49. The fraction of sp³-hybridized carbons (Fsp3) is 0.368. The summed E-state index contributed by atoms with van der Waals surface area (Å²) in [4.78, 5) is 18.6. The fourth-order valence-electron chi connectivity index (χ4n) is 2.64. The molecular weight excluding hydrogens is 323 g/mol. The van der Waals surface area contributed by atoms with E-state index in [1.54, 1.807) is 29.2 Å². The van der Waals surface area contributed by atoms with Gasteiger partial charge in [0.25, 0.3) is 0 Å². The molecule has 0 aliphatic heterocycles. The van der Waals surface area contributed by atoms with E-state index >= 15 is 0 Å². The summed E-state index contributed by atoms with van der Waals surface area (Å²) in [5.74, 6) is -0.269. The van der Waals surface area contributed by atoms with Crippen molar-refractivity contribution in [3.63, 3.8) is 0 Å². The van der Waals surface area contributed by atoms with E-state index in [0.29, 0.717) is 0 Å². The first kappa shape index (κ1) is 16.8. The van der Waals surface area contributed by atoms with E-state index < -0.39 is 0 Å². The molecule has 1 saturated carbocycles. The lowest BCUT2D eigenvalue weighted by Crippen LogP contribution is -2.39. The van der Waals surface area contributed by atoms with E-state index in [0.717, 1.165) is 16.3 Å². The van der Waals surface area contributed by atoms with Gasteiger partial charge in [0.15, 0.2) is 0 Å². The first-order valence-electron chi connectivity index (χ1n) is 8.05. The maximum atomic E-state index is 13.0. The van der Waals surface area contributed by atoms with Gasteiger partial charge in [0, 0.05) is 30.1 Å². The molecule has 2 aromatic rings. The molecule has 0 spiro atoms. The maximum Gasteiger partial charge on any atom is 0.246 e. The number of likely N-dealkylation sites (N-methyl/N-ethyl adjacent to an activating group) is 1. The van der Waals surface area contributed by atoms with Gasteiger partial charge in [-0.25, -0.2) is 9.37 Å². The SMILES string of the molecule is C[C@H](N(C)C(=O)/C=C/c1csc(-c2ccc(F)cc2)n1)C1(C)CC1. The molecule has 5 heteroatoms. The van der Waals surface area contributed by atoms with Crippen LogP contribution >= 0.6 is 11.3 Å². The normalized spacial score (nSPS) is 17.0. The Morgan fingerprint density at radius 2 is 2.04 bits per heavy atom. The van der Waals surface area contributed by atoms with Gasteiger partial charge in [0.2, 0.25) is 5.91 Å². The first-order valence-corrected chi connectivity index (χ1v) is 8.93. The number of hydrogen-bond acceptors (Lipinski definition) is 3. The Hall–Kier alpha value is -2.01. The van der Waals surface area contributed by atoms with Gasteiger partial charge in [-0.05, 0) is 55.5 Å². The lowest BCUT2D eigenvalue weighted by Gasteiger charge is -2.29. The quantitative estimate of drug-likeness (QED) is 0.742. The number of halogens is 1. The van der Waals surface area contributed by atoms with Gasteiger partial charge in [-0.3, -0.25) is 4.79 Å². The maximum absolute atomic E-state index is 13.0. The summed E-state index contributed by atoms with van der Waals surface area (Å²) in [7, 11) is 1.85. The molecular formula is C19H21FN2OS. The van der Waals surface area contributed by atoms with Crippen LogP contribution in [-0.2, 0) is 4.79 Å². The Morgan fingerprint density at radius 1 is 1.38 bits per heavy atom. The van der Waals surface area contributed by atoms with E-state index in [1.165, 1.54) is 36.3 Å². The van der Waals surface area contributed by atoms with Gasteiger partial charge < -0.3 is 4.90 Å². The van der Waals surface area contributed by atoms with E-state index in [9.17, 15) is 9.18 Å². The van der Waals surface area contributed by atoms with E-state index in [2.05, 4.69) is 18.8 Å². The molecule has 3 nitrogen and oxygen atoms in total. The molecule has 0 saturated heterocycles. The number of carbonyl (C=O) groups is 1. The van der Waals surface area contributed by atoms with Gasteiger partial charge in [-0.15, -0.1) is 11.3 Å². The van der Waals surface area contributed by atoms with Gasteiger partial charge in [0.05, 0.1) is 5.69 Å². The molecule has 1 aliphatic carbocycles. The molecule has 1 heterocycles. The van der Waals surface area contributed by atoms with Crippen molar-refractivity contribution in [2.45, 2.75) is 32.7 Å². The molecule has 1 aliphatic rings. The molecule has 1 amide bonds. The molecule has 1 aromatic heterocycles. The summed E-state index contributed by atoms with van der Waals surface area (Å²) in [5, 5.41) is 2.71. The largest absolute Gasteiger partial charge is 0.339 e. The van der Waals surface area contributed by atoms with Crippen LogP contribution in [0.5, 0.6) is 0 Å². The first-order chi connectivity index (χ1) is 11.4. The number of carbonyl (C=O) groups excluding carboxylic acids is 1. The van der Waals surface area contributed by atoms with Crippen molar-refractivity contribution in [1.29, 1.82) is 0 Å². The molecule has 0 radical (unpaired) electrons. The van der Waals surface area contributed by atoms with Gasteiger partial charge in [-0.2, -0.15) is 0 Å². The number of amides is 1. The lowest BCUT2D eigenvalue weighted by atomic mass is 9.99. The summed E-state index contributed by atoms with van der Waals surface area (Å²) in [5.41, 5.74) is 1.89. The fourth-order valence-corrected chi connectivity index (χ4v) is 3.43. The van der Waals surface area contributed by atoms with E-state index in [-0.39, 0.29) is 23.2 Å². The number of rotatable bonds is 5. The van der Waals surface area contributed by atoms with Gasteiger partial charge in [0.1, 0.15) is 10.8 Å². The molecule has 0 bridgehead atoms. The second kappa shape index (κ2) is 6.48. The summed E-state index contributed by atoms with van der Waals surface area (Å²) in [6.45, 7) is 4.33. The number of hydrogen-bond donors (Lipinski definition) is 0. The summed E-state index contributed by atoms with van der Waals surface area (Å²) < 4.78 is 13.0. The topological polar surface area (TPSA) is 33.2 Å². The van der Waals surface area contributed by atoms with Crippen LogP contribution in [0, 0.1) is 11.2 Å². The minimum atomic E-state index is -0.262. The average Bonchev–Trinajstić information content (AvgIpc) is 3.16. The molecule has 0 unspecified atom stereocenters. The van der Waals surface area contributed by atoms with Crippen LogP contribution in [0.1, 0.15) is 32.4 Å². The smallest absolute Gasteiger partial charge is 0.246 e. The van der Waals surface area contributed by atoms with Crippen molar-refractivity contribution in [2.75, 3.05) is 7.05 Å². The monoisotopic (exact) mass is 344 g/mol. The molecule has 3 rings (SSSR count). The Labute approximate surface area is 145 Å². The average molecular weight is 344 g/mol. The minimum Gasteiger partial charge on any atom is -0.339 e. The highest BCUT2D eigenvalue weighted by molar-refractivity contribution is 7.13. The van der Waals surface area contributed by atoms with Crippen LogP contribution in [-0.4, -0.2) is 28.9 Å². The van der Waals surface area contributed by atoms with Crippen molar-refractivity contribution >= 4 is 23.3 Å². The predicted molar refractivity (Wildman–Crippen MR) is 96.1 cm³/mol. The highest BCUT2D eigenvalue weighted by Gasteiger charge is 2.44. The molecule has 126 valence electrons. The minimum absolute atomic E-state index is 0.00745. The van der Waals surface area contributed by atoms with Crippen LogP contribution < -0.4 is 0 Å². The number of benzene rings is 1. The van der Waals surface area contributed by atoms with Crippen LogP contribution in [0.3, 0.4) is 0 Å². The van der Waals surface area contributed by atoms with Crippen LogP contribution in [0.15, 0.2) is 35.7 Å². The third-order valence-electron chi connectivity index (χ3n) is 4.99. The number of aromatic nitrogens is 1. The third kappa shape index (κ3) is 3.56. The van der Waals surface area contributed by atoms with E-state index in [1.807, 2.05) is 12.4 Å². The zero-order valence-electron chi connectivity index (χ0n) is 14.1. The second-order valence-corrected chi connectivity index (χ2v) is 7.55. The standard InChI is InChI=1S/C19H21FN2OS/c1-13(19(2)10-11-19)22(3)17(23)9-8-16-12-24-18(21-16)14-4-6-15(20)7-5-14/h4-9,12-13H,10-11H2,1-3H3/b9-8+/t13-/m0/s1. The predicted octanol–water partition coefficient (Wildman–Crippen LogP) is 4.61. The van der Waals surface area contributed by atoms with Gasteiger partial charge in [-0.1, -0.05) is 6.92 Å². The van der Waals surface area contributed by atoms with E-state index in [4.69, 9.17) is 0 Å². The third-order valence-corrected chi connectivity index (χ3v) is 5.90. The Bertz CT molecular complexity index is 762. The molecule has 0 N–H and O–H groups in total. The Morgan fingerprint density at radius 3 is 2.67 bits per heavy atom. The summed E-state index contributed by atoms with van der Waals surface area (Å²) in [6.07, 6.45) is 5.68. The Kier molecular flexibility index (Phi) is 4.54.